The fourth-order valence-corrected chi connectivity index (χ4v) is 1.59. The lowest BCUT2D eigenvalue weighted by Crippen LogP contribution is -2.24. The molecule has 0 spiro atoms. The molecule has 1 aliphatic heterocycles. The largest absolute Gasteiger partial charge is 0.354 e. The predicted octanol–water partition coefficient (Wildman–Crippen LogP) is 1.92. The minimum absolute atomic E-state index is 0.957. The van der Waals surface area contributed by atoms with E-state index in [1.807, 2.05) is 0 Å². The van der Waals surface area contributed by atoms with Gasteiger partial charge in [-0.15, -0.1) is 0 Å². The van der Waals surface area contributed by atoms with Gasteiger partial charge < -0.3 is 4.90 Å². The van der Waals surface area contributed by atoms with Gasteiger partial charge in [-0.25, -0.2) is 0 Å². The lowest BCUT2D eigenvalue weighted by atomic mass is 10.2. The number of benzene rings is 1. The molecule has 2 rings (SSSR count). The number of hydrogen-bond acceptors (Lipinski definition) is 2. The van der Waals surface area contributed by atoms with Gasteiger partial charge in [-0.1, -0.05) is 30.3 Å². The molecule has 0 radical (unpaired) electrons. The van der Waals surface area contributed by atoms with Crippen molar-refractivity contribution in [1.82, 2.24) is 4.90 Å². The smallest absolute Gasteiger partial charge is 0.0961 e. The lowest BCUT2D eigenvalue weighted by Gasteiger charge is -2.17. The Hall–Kier alpha value is -1.31. The fraction of sp³-hybridized carbons (Fsp3) is 0.364. The summed E-state index contributed by atoms with van der Waals surface area (Å²) in [6.07, 6.45) is 0. The van der Waals surface area contributed by atoms with Crippen molar-refractivity contribution in [2.45, 2.75) is 13.5 Å². The monoisotopic (exact) mass is 174 g/mol. The Kier molecular flexibility index (Phi) is 2.30. The first-order valence-electron chi connectivity index (χ1n) is 4.66. The molecule has 0 saturated carbocycles. The minimum Gasteiger partial charge on any atom is -0.354 e. The van der Waals surface area contributed by atoms with Crippen LogP contribution in [0.25, 0.3) is 0 Å². The number of aliphatic imine (C=N–C) groups is 1. The second-order valence-corrected chi connectivity index (χ2v) is 3.34. The summed E-state index contributed by atoms with van der Waals surface area (Å²) in [7, 11) is 0. The van der Waals surface area contributed by atoms with Crippen LogP contribution < -0.4 is 0 Å². The first kappa shape index (κ1) is 8.30. The van der Waals surface area contributed by atoms with E-state index < -0.39 is 0 Å². The maximum atomic E-state index is 4.36. The molecule has 0 fully saturated rings. The van der Waals surface area contributed by atoms with Crippen molar-refractivity contribution in [3.05, 3.63) is 35.9 Å². The summed E-state index contributed by atoms with van der Waals surface area (Å²) in [6, 6.07) is 10.5. The Bertz CT molecular complexity index is 303. The van der Waals surface area contributed by atoms with Crippen molar-refractivity contribution in [2.75, 3.05) is 13.1 Å². The van der Waals surface area contributed by atoms with Gasteiger partial charge >= 0.3 is 0 Å². The molecule has 0 aliphatic carbocycles. The quantitative estimate of drug-likeness (QED) is 0.668. The summed E-state index contributed by atoms with van der Waals surface area (Å²) in [5.74, 6) is 1.17. The highest BCUT2D eigenvalue weighted by molar-refractivity contribution is 5.81. The van der Waals surface area contributed by atoms with Crippen LogP contribution in [0.5, 0.6) is 0 Å². The molecule has 0 bridgehead atoms. The van der Waals surface area contributed by atoms with Gasteiger partial charge in [0.1, 0.15) is 0 Å². The van der Waals surface area contributed by atoms with Crippen molar-refractivity contribution < 1.29 is 0 Å². The third kappa shape index (κ3) is 1.89. The summed E-state index contributed by atoms with van der Waals surface area (Å²) in [4.78, 5) is 6.67. The normalized spacial score (nSPS) is 16.1. The van der Waals surface area contributed by atoms with Crippen LogP contribution in [0.3, 0.4) is 0 Å². The lowest BCUT2D eigenvalue weighted by molar-refractivity contribution is 0.450. The SMILES string of the molecule is CC1=NCCN1Cc1ccccc1. The van der Waals surface area contributed by atoms with Crippen LogP contribution >= 0.6 is 0 Å². The van der Waals surface area contributed by atoms with Gasteiger partial charge in [0.05, 0.1) is 12.4 Å². The molecule has 13 heavy (non-hydrogen) atoms. The summed E-state index contributed by atoms with van der Waals surface area (Å²) in [5.41, 5.74) is 1.36. The molecule has 1 heterocycles. The zero-order valence-electron chi connectivity index (χ0n) is 7.90. The molecular weight excluding hydrogens is 160 g/mol. The highest BCUT2D eigenvalue weighted by Gasteiger charge is 2.11. The third-order valence-corrected chi connectivity index (χ3v) is 2.38. The van der Waals surface area contributed by atoms with E-state index in [4.69, 9.17) is 0 Å². The van der Waals surface area contributed by atoms with Crippen LogP contribution in [0.15, 0.2) is 35.3 Å². The van der Waals surface area contributed by atoms with Crippen molar-refractivity contribution >= 4 is 5.84 Å². The van der Waals surface area contributed by atoms with Gasteiger partial charge in [0, 0.05) is 13.1 Å². The molecule has 0 atom stereocenters. The molecule has 0 aromatic heterocycles. The molecule has 1 aliphatic rings. The van der Waals surface area contributed by atoms with E-state index in [-0.39, 0.29) is 0 Å². The Labute approximate surface area is 78.9 Å². The number of hydrogen-bond donors (Lipinski definition) is 0. The Balaban J connectivity index is 2.03. The molecule has 0 unspecified atom stereocenters. The fourth-order valence-electron chi connectivity index (χ4n) is 1.59. The van der Waals surface area contributed by atoms with Gasteiger partial charge in [-0.2, -0.15) is 0 Å². The Morgan fingerprint density at radius 3 is 2.69 bits per heavy atom. The predicted molar refractivity (Wildman–Crippen MR) is 54.8 cm³/mol. The standard InChI is InChI=1S/C11H14N2/c1-10-12-7-8-13(10)9-11-5-3-2-4-6-11/h2-6H,7-9H2,1H3. The van der Waals surface area contributed by atoms with E-state index in [2.05, 4.69) is 47.1 Å². The van der Waals surface area contributed by atoms with Crippen LogP contribution in [0.1, 0.15) is 12.5 Å². The molecule has 0 amide bonds. The molecule has 1 aromatic carbocycles. The second kappa shape index (κ2) is 3.60. The van der Waals surface area contributed by atoms with Gasteiger partial charge in [-0.3, -0.25) is 4.99 Å². The van der Waals surface area contributed by atoms with Gasteiger partial charge in [0.2, 0.25) is 0 Å². The maximum Gasteiger partial charge on any atom is 0.0961 e. The van der Waals surface area contributed by atoms with Gasteiger partial charge in [0.25, 0.3) is 0 Å². The van der Waals surface area contributed by atoms with E-state index in [0.717, 1.165) is 19.6 Å². The highest BCUT2D eigenvalue weighted by Crippen LogP contribution is 2.08. The van der Waals surface area contributed by atoms with Crippen LogP contribution in [0.4, 0.5) is 0 Å². The van der Waals surface area contributed by atoms with Crippen molar-refractivity contribution in [3.63, 3.8) is 0 Å². The molecule has 0 N–H and O–H groups in total. The Morgan fingerprint density at radius 2 is 2.08 bits per heavy atom. The van der Waals surface area contributed by atoms with Crippen molar-refractivity contribution in [3.8, 4) is 0 Å². The summed E-state index contributed by atoms with van der Waals surface area (Å²) in [5, 5.41) is 0. The number of amidine groups is 1. The van der Waals surface area contributed by atoms with Crippen molar-refractivity contribution in [1.29, 1.82) is 0 Å². The van der Waals surface area contributed by atoms with Crippen LogP contribution in [0.2, 0.25) is 0 Å². The second-order valence-electron chi connectivity index (χ2n) is 3.34. The van der Waals surface area contributed by atoms with Gasteiger partial charge in [-0.05, 0) is 12.5 Å². The first-order valence-corrected chi connectivity index (χ1v) is 4.66. The van der Waals surface area contributed by atoms with Crippen LogP contribution in [0, 0.1) is 0 Å². The van der Waals surface area contributed by atoms with E-state index >= 15 is 0 Å². The highest BCUT2D eigenvalue weighted by atomic mass is 15.2. The van der Waals surface area contributed by atoms with Crippen LogP contribution in [-0.4, -0.2) is 23.8 Å². The molecule has 68 valence electrons. The van der Waals surface area contributed by atoms with E-state index in [1.165, 1.54) is 11.4 Å². The van der Waals surface area contributed by atoms with E-state index in [0.29, 0.717) is 0 Å². The van der Waals surface area contributed by atoms with E-state index in [9.17, 15) is 0 Å². The van der Waals surface area contributed by atoms with Crippen molar-refractivity contribution in [2.24, 2.45) is 4.99 Å². The molecule has 0 saturated heterocycles. The maximum absolute atomic E-state index is 4.36. The molecule has 2 nitrogen and oxygen atoms in total. The Morgan fingerprint density at radius 1 is 1.31 bits per heavy atom. The van der Waals surface area contributed by atoms with E-state index in [1.54, 1.807) is 0 Å². The average molecular weight is 174 g/mol. The van der Waals surface area contributed by atoms with Crippen LogP contribution in [-0.2, 0) is 6.54 Å². The topological polar surface area (TPSA) is 15.6 Å². The third-order valence-electron chi connectivity index (χ3n) is 2.38. The minimum atomic E-state index is 0.957. The molecule has 1 aromatic rings. The average Bonchev–Trinajstić information content (AvgIpc) is 2.54. The summed E-state index contributed by atoms with van der Waals surface area (Å²) in [6.45, 7) is 5.10. The summed E-state index contributed by atoms with van der Waals surface area (Å²) >= 11 is 0. The van der Waals surface area contributed by atoms with Gasteiger partial charge in [0.15, 0.2) is 0 Å². The molecule has 2 heteroatoms. The number of rotatable bonds is 2. The zero-order valence-corrected chi connectivity index (χ0v) is 7.90. The number of nitrogens with zero attached hydrogens (tertiary/aromatic N) is 2. The summed E-state index contributed by atoms with van der Waals surface area (Å²) < 4.78 is 0. The zero-order chi connectivity index (χ0) is 9.10. The molecular formula is C11H14N2. The first-order chi connectivity index (χ1) is 6.36.